The van der Waals surface area contributed by atoms with Crippen molar-refractivity contribution in [1.82, 2.24) is 19.5 Å². The lowest BCUT2D eigenvalue weighted by molar-refractivity contribution is 0.823. The molecule has 2 heterocycles. The number of hydrogen-bond acceptors (Lipinski definition) is 3. The summed E-state index contributed by atoms with van der Waals surface area (Å²) in [4.78, 5) is 12.4. The Morgan fingerprint density at radius 3 is 2.35 bits per heavy atom. The SMILES string of the molecule is Clc1ncnc2ncn(Cc3ccc(-c4ccccc4)cc3)c12. The van der Waals surface area contributed by atoms with Crippen LogP contribution in [0, 0.1) is 0 Å². The molecular formula is C18H13ClN4. The summed E-state index contributed by atoms with van der Waals surface area (Å²) in [6.45, 7) is 0.679. The first-order valence-electron chi connectivity index (χ1n) is 7.27. The average Bonchev–Trinajstić information content (AvgIpc) is 3.01. The zero-order valence-corrected chi connectivity index (χ0v) is 13.0. The van der Waals surface area contributed by atoms with Gasteiger partial charge in [0.2, 0.25) is 0 Å². The third kappa shape index (κ3) is 2.69. The van der Waals surface area contributed by atoms with Crippen LogP contribution in [0.1, 0.15) is 5.56 Å². The summed E-state index contributed by atoms with van der Waals surface area (Å²) in [5, 5.41) is 0.424. The molecule has 0 aliphatic rings. The third-order valence-corrected chi connectivity index (χ3v) is 4.06. The summed E-state index contributed by atoms with van der Waals surface area (Å²) >= 11 is 6.16. The number of nitrogens with zero attached hydrogens (tertiary/aromatic N) is 4. The van der Waals surface area contributed by atoms with E-state index in [9.17, 15) is 0 Å². The molecule has 5 heteroatoms. The van der Waals surface area contributed by atoms with E-state index in [0.29, 0.717) is 17.3 Å². The lowest BCUT2D eigenvalue weighted by Gasteiger charge is -2.07. The highest BCUT2D eigenvalue weighted by molar-refractivity contribution is 6.33. The van der Waals surface area contributed by atoms with Crippen molar-refractivity contribution in [3.63, 3.8) is 0 Å². The van der Waals surface area contributed by atoms with Crippen molar-refractivity contribution in [2.24, 2.45) is 0 Å². The van der Waals surface area contributed by atoms with Gasteiger partial charge in [0, 0.05) is 6.54 Å². The van der Waals surface area contributed by atoms with Gasteiger partial charge in [-0.15, -0.1) is 0 Å². The standard InChI is InChI=1S/C18H13ClN4/c19-17-16-18(21-11-20-17)22-12-23(16)10-13-6-8-15(9-7-13)14-4-2-1-3-5-14/h1-9,11-12H,10H2. The molecule has 2 aromatic heterocycles. The second-order valence-corrected chi connectivity index (χ2v) is 5.63. The van der Waals surface area contributed by atoms with Crippen molar-refractivity contribution in [2.75, 3.05) is 0 Å². The Bertz CT molecular complexity index is 946. The average molecular weight is 321 g/mol. The van der Waals surface area contributed by atoms with Crippen molar-refractivity contribution >= 4 is 22.8 Å². The van der Waals surface area contributed by atoms with Crippen molar-refractivity contribution in [1.29, 1.82) is 0 Å². The van der Waals surface area contributed by atoms with Gasteiger partial charge in [0.05, 0.1) is 6.33 Å². The number of benzene rings is 2. The number of fused-ring (bicyclic) bond motifs is 1. The van der Waals surface area contributed by atoms with Gasteiger partial charge in [-0.2, -0.15) is 0 Å². The maximum atomic E-state index is 6.16. The van der Waals surface area contributed by atoms with Crippen LogP contribution in [-0.2, 0) is 6.54 Å². The van der Waals surface area contributed by atoms with E-state index in [4.69, 9.17) is 11.6 Å². The number of halogens is 1. The molecule has 0 atom stereocenters. The molecule has 0 N–H and O–H groups in total. The largest absolute Gasteiger partial charge is 0.322 e. The third-order valence-electron chi connectivity index (χ3n) is 3.78. The summed E-state index contributed by atoms with van der Waals surface area (Å²) < 4.78 is 1.97. The maximum absolute atomic E-state index is 6.16. The second kappa shape index (κ2) is 5.82. The van der Waals surface area contributed by atoms with Gasteiger partial charge < -0.3 is 4.57 Å². The van der Waals surface area contributed by atoms with Crippen molar-refractivity contribution < 1.29 is 0 Å². The van der Waals surface area contributed by atoms with Crippen LogP contribution in [0.2, 0.25) is 5.15 Å². The zero-order chi connectivity index (χ0) is 15.6. The van der Waals surface area contributed by atoms with E-state index in [0.717, 1.165) is 5.52 Å². The van der Waals surface area contributed by atoms with Gasteiger partial charge in [-0.25, -0.2) is 15.0 Å². The van der Waals surface area contributed by atoms with Gasteiger partial charge in [0.1, 0.15) is 11.8 Å². The molecule has 0 bridgehead atoms. The molecule has 112 valence electrons. The monoisotopic (exact) mass is 320 g/mol. The van der Waals surface area contributed by atoms with Gasteiger partial charge >= 0.3 is 0 Å². The fourth-order valence-electron chi connectivity index (χ4n) is 2.62. The zero-order valence-electron chi connectivity index (χ0n) is 12.2. The molecule has 0 aliphatic carbocycles. The maximum Gasteiger partial charge on any atom is 0.182 e. The topological polar surface area (TPSA) is 43.6 Å². The minimum Gasteiger partial charge on any atom is -0.322 e. The summed E-state index contributed by atoms with van der Waals surface area (Å²) in [5.41, 5.74) is 4.96. The molecule has 0 saturated heterocycles. The lowest BCUT2D eigenvalue weighted by atomic mass is 10.0. The van der Waals surface area contributed by atoms with Gasteiger partial charge in [-0.05, 0) is 16.7 Å². The van der Waals surface area contributed by atoms with E-state index in [1.54, 1.807) is 6.33 Å². The van der Waals surface area contributed by atoms with Crippen LogP contribution in [0.4, 0.5) is 0 Å². The van der Waals surface area contributed by atoms with Gasteiger partial charge in [-0.1, -0.05) is 66.2 Å². The van der Waals surface area contributed by atoms with Crippen molar-refractivity contribution in [3.8, 4) is 11.1 Å². The molecule has 4 rings (SSSR count). The Hall–Kier alpha value is -2.72. The van der Waals surface area contributed by atoms with Crippen LogP contribution in [0.25, 0.3) is 22.3 Å². The molecule has 0 radical (unpaired) electrons. The molecule has 0 amide bonds. The van der Waals surface area contributed by atoms with Crippen LogP contribution in [0.3, 0.4) is 0 Å². The fourth-order valence-corrected chi connectivity index (χ4v) is 2.86. The first-order valence-corrected chi connectivity index (χ1v) is 7.65. The molecule has 0 unspecified atom stereocenters. The first kappa shape index (κ1) is 13.9. The molecule has 4 aromatic rings. The van der Waals surface area contributed by atoms with E-state index in [-0.39, 0.29) is 0 Å². The second-order valence-electron chi connectivity index (χ2n) is 5.27. The van der Waals surface area contributed by atoms with Crippen LogP contribution in [-0.4, -0.2) is 19.5 Å². The Kier molecular flexibility index (Phi) is 3.52. The van der Waals surface area contributed by atoms with E-state index in [1.807, 2.05) is 22.8 Å². The molecule has 23 heavy (non-hydrogen) atoms. The highest BCUT2D eigenvalue weighted by Gasteiger charge is 2.09. The highest BCUT2D eigenvalue weighted by Crippen LogP contribution is 2.22. The van der Waals surface area contributed by atoms with Gasteiger partial charge in [0.15, 0.2) is 10.8 Å². The Morgan fingerprint density at radius 2 is 1.57 bits per heavy atom. The predicted octanol–water partition coefficient (Wildman–Crippen LogP) is 4.20. The van der Waals surface area contributed by atoms with Gasteiger partial charge in [-0.3, -0.25) is 0 Å². The Morgan fingerprint density at radius 1 is 0.826 bits per heavy atom. The summed E-state index contributed by atoms with van der Waals surface area (Å²) in [6.07, 6.45) is 3.17. The first-order chi connectivity index (χ1) is 11.3. The summed E-state index contributed by atoms with van der Waals surface area (Å²) in [5.74, 6) is 0. The van der Waals surface area contributed by atoms with E-state index >= 15 is 0 Å². The number of rotatable bonds is 3. The summed E-state index contributed by atoms with van der Waals surface area (Å²) in [7, 11) is 0. The van der Waals surface area contributed by atoms with Gasteiger partial charge in [0.25, 0.3) is 0 Å². The molecule has 0 spiro atoms. The fraction of sp³-hybridized carbons (Fsp3) is 0.0556. The molecule has 0 aliphatic heterocycles. The number of aromatic nitrogens is 4. The van der Waals surface area contributed by atoms with Crippen LogP contribution in [0.5, 0.6) is 0 Å². The molecule has 0 fully saturated rings. The Labute approximate surface area is 138 Å². The normalized spacial score (nSPS) is 11.0. The quantitative estimate of drug-likeness (QED) is 0.531. The number of hydrogen-bond donors (Lipinski definition) is 0. The van der Waals surface area contributed by atoms with Crippen LogP contribution in [0.15, 0.2) is 67.3 Å². The van der Waals surface area contributed by atoms with Crippen LogP contribution >= 0.6 is 11.6 Å². The van der Waals surface area contributed by atoms with E-state index in [1.165, 1.54) is 23.0 Å². The predicted molar refractivity (Wildman–Crippen MR) is 91.3 cm³/mol. The summed E-state index contributed by atoms with van der Waals surface area (Å²) in [6, 6.07) is 18.8. The van der Waals surface area contributed by atoms with Crippen molar-refractivity contribution in [2.45, 2.75) is 6.54 Å². The molecular weight excluding hydrogens is 308 g/mol. The smallest absolute Gasteiger partial charge is 0.182 e. The minimum atomic E-state index is 0.424. The minimum absolute atomic E-state index is 0.424. The van der Waals surface area contributed by atoms with Crippen molar-refractivity contribution in [3.05, 3.63) is 78.0 Å². The Balaban J connectivity index is 1.64. The molecule has 0 saturated carbocycles. The molecule has 2 aromatic carbocycles. The van der Waals surface area contributed by atoms with E-state index in [2.05, 4.69) is 51.4 Å². The molecule has 4 nitrogen and oxygen atoms in total. The number of imidazole rings is 1. The highest BCUT2D eigenvalue weighted by atomic mass is 35.5. The van der Waals surface area contributed by atoms with Crippen LogP contribution < -0.4 is 0 Å². The lowest BCUT2D eigenvalue weighted by Crippen LogP contribution is -1.99. The van der Waals surface area contributed by atoms with E-state index < -0.39 is 0 Å².